The highest BCUT2D eigenvalue weighted by molar-refractivity contribution is 5.79. The van der Waals surface area contributed by atoms with E-state index >= 15 is 0 Å². The first-order valence-electron chi connectivity index (χ1n) is 10.5. The molecule has 4 rings (SSSR count). The van der Waals surface area contributed by atoms with Crippen LogP contribution in [0.25, 0.3) is 11.4 Å². The molecule has 1 aromatic heterocycles. The van der Waals surface area contributed by atoms with Gasteiger partial charge in [0, 0.05) is 25.7 Å². The molecular weight excluding hydrogens is 376 g/mol. The first-order chi connectivity index (χ1) is 14.6. The molecule has 0 spiro atoms. The van der Waals surface area contributed by atoms with Gasteiger partial charge in [0.15, 0.2) is 0 Å². The third kappa shape index (κ3) is 4.94. The second kappa shape index (κ2) is 9.22. The average molecular weight is 405 g/mol. The van der Waals surface area contributed by atoms with Crippen LogP contribution in [-0.4, -0.2) is 46.0 Å². The summed E-state index contributed by atoms with van der Waals surface area (Å²) in [4.78, 5) is 21.6. The van der Waals surface area contributed by atoms with Gasteiger partial charge in [-0.15, -0.1) is 0 Å². The van der Waals surface area contributed by atoms with Crippen LogP contribution in [0.1, 0.15) is 29.9 Å². The number of piperidine rings is 1. The van der Waals surface area contributed by atoms with Crippen molar-refractivity contribution >= 4 is 5.91 Å². The topological polar surface area (TPSA) is 62.5 Å². The molecule has 6 nitrogen and oxygen atoms in total. The maximum absolute atomic E-state index is 13.0. The highest BCUT2D eigenvalue weighted by atomic mass is 16.5. The first-order valence-corrected chi connectivity index (χ1v) is 10.5. The van der Waals surface area contributed by atoms with Crippen LogP contribution in [0.5, 0.6) is 0 Å². The van der Waals surface area contributed by atoms with Crippen molar-refractivity contribution in [3.8, 4) is 11.4 Å². The van der Waals surface area contributed by atoms with Crippen LogP contribution in [0.2, 0.25) is 0 Å². The van der Waals surface area contributed by atoms with E-state index in [9.17, 15) is 4.79 Å². The number of aryl methyl sites for hydroxylation is 1. The molecule has 1 atom stereocenters. The smallest absolute Gasteiger partial charge is 0.241 e. The molecule has 1 amide bonds. The second-order valence-corrected chi connectivity index (χ2v) is 8.13. The molecule has 1 fully saturated rings. The summed E-state index contributed by atoms with van der Waals surface area (Å²) in [6.45, 7) is 4.93. The number of amides is 1. The fraction of sp³-hybridized carbons (Fsp3) is 0.375. The van der Waals surface area contributed by atoms with E-state index < -0.39 is 0 Å². The van der Waals surface area contributed by atoms with Gasteiger partial charge in [0.1, 0.15) is 0 Å². The van der Waals surface area contributed by atoms with E-state index in [0.717, 1.165) is 37.1 Å². The van der Waals surface area contributed by atoms with E-state index in [4.69, 9.17) is 4.52 Å². The summed E-state index contributed by atoms with van der Waals surface area (Å²) in [5.41, 5.74) is 3.30. The van der Waals surface area contributed by atoms with Gasteiger partial charge in [-0.05, 0) is 31.9 Å². The molecule has 0 N–H and O–H groups in total. The Kier molecular flexibility index (Phi) is 6.23. The van der Waals surface area contributed by atoms with E-state index in [1.165, 1.54) is 5.56 Å². The van der Waals surface area contributed by atoms with Crippen LogP contribution in [-0.2, 0) is 17.9 Å². The van der Waals surface area contributed by atoms with Crippen molar-refractivity contribution in [2.24, 2.45) is 5.92 Å². The number of carbonyl (C=O) groups is 1. The number of aromatic nitrogens is 2. The molecule has 0 saturated carbocycles. The van der Waals surface area contributed by atoms with Gasteiger partial charge in [-0.25, -0.2) is 0 Å². The average Bonchev–Trinajstić information content (AvgIpc) is 3.23. The summed E-state index contributed by atoms with van der Waals surface area (Å²) in [5, 5.41) is 4.12. The molecule has 1 saturated heterocycles. The van der Waals surface area contributed by atoms with Crippen LogP contribution in [0.3, 0.4) is 0 Å². The standard InChI is InChI=1S/C24H28N4O2/c1-18-10-12-20(13-11-18)23-25-22(30-26-23)17-28-14-6-9-21(16-28)24(29)27(2)15-19-7-4-3-5-8-19/h3-5,7-8,10-13,21H,6,9,14-17H2,1-2H3. The third-order valence-electron chi connectivity index (χ3n) is 5.63. The van der Waals surface area contributed by atoms with Crippen LogP contribution in [0.4, 0.5) is 0 Å². The molecule has 1 aliphatic rings. The van der Waals surface area contributed by atoms with E-state index in [0.29, 0.717) is 24.8 Å². The number of hydrogen-bond acceptors (Lipinski definition) is 5. The van der Waals surface area contributed by atoms with Crippen molar-refractivity contribution in [3.63, 3.8) is 0 Å². The first kappa shape index (κ1) is 20.3. The zero-order valence-corrected chi connectivity index (χ0v) is 17.6. The Labute approximate surface area is 177 Å². The van der Waals surface area contributed by atoms with Crippen LogP contribution >= 0.6 is 0 Å². The Hall–Kier alpha value is -2.99. The number of rotatable bonds is 6. The van der Waals surface area contributed by atoms with Gasteiger partial charge < -0.3 is 9.42 Å². The van der Waals surface area contributed by atoms with Gasteiger partial charge in [-0.3, -0.25) is 9.69 Å². The molecule has 2 heterocycles. The molecule has 6 heteroatoms. The second-order valence-electron chi connectivity index (χ2n) is 8.13. The molecule has 0 radical (unpaired) electrons. The van der Waals surface area contributed by atoms with Gasteiger partial charge >= 0.3 is 0 Å². The number of hydrogen-bond donors (Lipinski definition) is 0. The summed E-state index contributed by atoms with van der Waals surface area (Å²) in [5.74, 6) is 1.41. The monoisotopic (exact) mass is 404 g/mol. The predicted molar refractivity (Wildman–Crippen MR) is 115 cm³/mol. The fourth-order valence-electron chi connectivity index (χ4n) is 3.98. The van der Waals surface area contributed by atoms with Crippen molar-refractivity contribution in [2.75, 3.05) is 20.1 Å². The van der Waals surface area contributed by atoms with Crippen LogP contribution < -0.4 is 0 Å². The minimum absolute atomic E-state index is 0.00644. The lowest BCUT2D eigenvalue weighted by molar-refractivity contribution is -0.136. The van der Waals surface area contributed by atoms with E-state index in [2.05, 4.69) is 34.1 Å². The molecule has 0 aliphatic carbocycles. The zero-order chi connectivity index (χ0) is 20.9. The van der Waals surface area contributed by atoms with E-state index in [1.807, 2.05) is 54.4 Å². The summed E-state index contributed by atoms with van der Waals surface area (Å²) in [6, 6.07) is 18.2. The van der Waals surface area contributed by atoms with E-state index in [1.54, 1.807) is 0 Å². The lowest BCUT2D eigenvalue weighted by Gasteiger charge is -2.33. The van der Waals surface area contributed by atoms with Crippen LogP contribution in [0, 0.1) is 12.8 Å². The van der Waals surface area contributed by atoms with Gasteiger partial charge in [-0.2, -0.15) is 4.98 Å². The van der Waals surface area contributed by atoms with Gasteiger partial charge in [0.05, 0.1) is 12.5 Å². The molecule has 156 valence electrons. The van der Waals surface area contributed by atoms with Crippen molar-refractivity contribution in [3.05, 3.63) is 71.6 Å². The van der Waals surface area contributed by atoms with Crippen molar-refractivity contribution in [2.45, 2.75) is 32.9 Å². The Morgan fingerprint density at radius 1 is 1.17 bits per heavy atom. The van der Waals surface area contributed by atoms with E-state index in [-0.39, 0.29) is 11.8 Å². The molecule has 3 aromatic rings. The zero-order valence-electron chi connectivity index (χ0n) is 17.6. The number of likely N-dealkylation sites (tertiary alicyclic amines) is 1. The molecule has 0 bridgehead atoms. The number of benzene rings is 2. The SMILES string of the molecule is Cc1ccc(-c2noc(CN3CCCC(C(=O)N(C)Cc4ccccc4)C3)n2)cc1. The van der Waals surface area contributed by atoms with Crippen LogP contribution in [0.15, 0.2) is 59.1 Å². The van der Waals surface area contributed by atoms with Gasteiger partial charge in [0.25, 0.3) is 0 Å². The highest BCUT2D eigenvalue weighted by Crippen LogP contribution is 2.22. The highest BCUT2D eigenvalue weighted by Gasteiger charge is 2.29. The minimum Gasteiger partial charge on any atom is -0.341 e. The largest absolute Gasteiger partial charge is 0.341 e. The Morgan fingerprint density at radius 3 is 2.70 bits per heavy atom. The number of nitrogens with zero attached hydrogens (tertiary/aromatic N) is 4. The Bertz CT molecular complexity index is 968. The predicted octanol–water partition coefficient (Wildman–Crippen LogP) is 3.92. The summed E-state index contributed by atoms with van der Waals surface area (Å²) in [7, 11) is 1.89. The fourth-order valence-corrected chi connectivity index (χ4v) is 3.98. The third-order valence-corrected chi connectivity index (χ3v) is 5.63. The Morgan fingerprint density at radius 2 is 1.93 bits per heavy atom. The summed E-state index contributed by atoms with van der Waals surface area (Å²) >= 11 is 0. The Balaban J connectivity index is 1.35. The maximum Gasteiger partial charge on any atom is 0.241 e. The van der Waals surface area contributed by atoms with Crippen molar-refractivity contribution in [1.82, 2.24) is 19.9 Å². The lowest BCUT2D eigenvalue weighted by atomic mass is 9.96. The van der Waals surface area contributed by atoms with Crippen molar-refractivity contribution < 1.29 is 9.32 Å². The normalized spacial score (nSPS) is 17.1. The summed E-state index contributed by atoms with van der Waals surface area (Å²) < 4.78 is 5.48. The summed E-state index contributed by atoms with van der Waals surface area (Å²) in [6.07, 6.45) is 1.92. The van der Waals surface area contributed by atoms with Gasteiger partial charge in [0.2, 0.25) is 17.6 Å². The molecule has 30 heavy (non-hydrogen) atoms. The molecule has 1 unspecified atom stereocenters. The molecule has 2 aromatic carbocycles. The molecule has 1 aliphatic heterocycles. The molecular formula is C24H28N4O2. The quantitative estimate of drug-likeness (QED) is 0.623. The maximum atomic E-state index is 13.0. The lowest BCUT2D eigenvalue weighted by Crippen LogP contribution is -2.43. The number of carbonyl (C=O) groups excluding carboxylic acids is 1. The minimum atomic E-state index is 0.00644. The van der Waals surface area contributed by atoms with Gasteiger partial charge in [-0.1, -0.05) is 65.3 Å². The van der Waals surface area contributed by atoms with Crippen molar-refractivity contribution in [1.29, 1.82) is 0 Å².